The van der Waals surface area contributed by atoms with Crippen LogP contribution in [-0.4, -0.2) is 54.5 Å². The molecule has 1 aliphatic heterocycles. The van der Waals surface area contributed by atoms with Gasteiger partial charge < -0.3 is 15.1 Å². The van der Waals surface area contributed by atoms with Crippen LogP contribution in [0.3, 0.4) is 0 Å². The quantitative estimate of drug-likeness (QED) is 0.381. The van der Waals surface area contributed by atoms with Crippen molar-refractivity contribution in [1.29, 1.82) is 0 Å². The molecule has 0 aliphatic carbocycles. The minimum absolute atomic E-state index is 0.00796. The van der Waals surface area contributed by atoms with Crippen molar-refractivity contribution in [2.24, 2.45) is 5.14 Å². The molecule has 0 radical (unpaired) electrons. The van der Waals surface area contributed by atoms with Gasteiger partial charge in [-0.05, 0) is 29.8 Å². The molecular weight excluding hydrogens is 448 g/mol. The zero-order valence-electron chi connectivity index (χ0n) is 17.5. The molecule has 4 rings (SSSR count). The normalized spacial score (nSPS) is 14.2. The van der Waals surface area contributed by atoms with Gasteiger partial charge in [0.1, 0.15) is 12.1 Å². The Morgan fingerprint density at radius 3 is 2.30 bits per heavy atom. The van der Waals surface area contributed by atoms with Crippen molar-refractivity contribution < 1.29 is 13.3 Å². The van der Waals surface area contributed by atoms with Gasteiger partial charge in [0, 0.05) is 38.9 Å². The molecule has 0 bridgehead atoms. The number of nitro groups is 1. The minimum Gasteiger partial charge on any atom is -0.360 e. The molecule has 0 amide bonds. The van der Waals surface area contributed by atoms with Gasteiger partial charge in [-0.2, -0.15) is 0 Å². The lowest BCUT2D eigenvalue weighted by Crippen LogP contribution is -2.47. The predicted molar refractivity (Wildman–Crippen MR) is 122 cm³/mol. The van der Waals surface area contributed by atoms with E-state index in [2.05, 4.69) is 25.2 Å². The van der Waals surface area contributed by atoms with Gasteiger partial charge in [-0.15, -0.1) is 0 Å². The summed E-state index contributed by atoms with van der Waals surface area (Å²) in [7, 11) is -3.79. The number of rotatable bonds is 7. The van der Waals surface area contributed by atoms with E-state index in [1.54, 1.807) is 18.3 Å². The van der Waals surface area contributed by atoms with Crippen molar-refractivity contribution in [3.05, 3.63) is 70.7 Å². The summed E-state index contributed by atoms with van der Waals surface area (Å²) in [4.78, 5) is 28.0. The topological polar surface area (TPSA) is 160 Å². The molecule has 1 aromatic carbocycles. The summed E-state index contributed by atoms with van der Waals surface area (Å²) in [6.45, 7) is 2.59. The third kappa shape index (κ3) is 5.15. The fourth-order valence-corrected chi connectivity index (χ4v) is 4.08. The average molecular weight is 471 g/mol. The molecule has 172 valence electrons. The minimum atomic E-state index is -3.79. The Balaban J connectivity index is 1.49. The standard InChI is InChI=1S/C20H22N8O4S/c21-33(31,32)16-6-4-15(5-7-16)13-23-19-18(28(29)30)20(25-14-24-19)27-11-9-26(10-12-27)17-3-1-2-8-22-17/h1-8,14H,9-13H2,(H2,21,31,32)(H,23,24,25). The number of nitrogens with zero attached hydrogens (tertiary/aromatic N) is 6. The van der Waals surface area contributed by atoms with E-state index in [0.29, 0.717) is 31.7 Å². The molecule has 0 spiro atoms. The molecular formula is C20H22N8O4S. The zero-order valence-corrected chi connectivity index (χ0v) is 18.4. The van der Waals surface area contributed by atoms with Crippen LogP contribution in [0.5, 0.6) is 0 Å². The van der Waals surface area contributed by atoms with Gasteiger partial charge >= 0.3 is 5.69 Å². The number of nitrogens with two attached hydrogens (primary N) is 1. The maximum Gasteiger partial charge on any atom is 0.353 e. The van der Waals surface area contributed by atoms with Gasteiger partial charge in [0.25, 0.3) is 0 Å². The number of sulfonamides is 1. The van der Waals surface area contributed by atoms with Crippen LogP contribution in [-0.2, 0) is 16.6 Å². The Kier molecular flexibility index (Phi) is 6.33. The van der Waals surface area contributed by atoms with Gasteiger partial charge in [0.05, 0.1) is 9.82 Å². The Hall–Kier alpha value is -3.84. The van der Waals surface area contributed by atoms with E-state index in [9.17, 15) is 18.5 Å². The molecule has 0 atom stereocenters. The second-order valence-corrected chi connectivity index (χ2v) is 8.92. The lowest BCUT2D eigenvalue weighted by Gasteiger charge is -2.35. The van der Waals surface area contributed by atoms with E-state index in [1.807, 2.05) is 23.1 Å². The SMILES string of the molecule is NS(=O)(=O)c1ccc(CNc2ncnc(N3CCN(c4ccccn4)CC3)c2[N+](=O)[O-])cc1. The summed E-state index contributed by atoms with van der Waals surface area (Å²) in [6.07, 6.45) is 3.03. The molecule has 13 heteroatoms. The zero-order chi connectivity index (χ0) is 23.4. The molecule has 2 aromatic heterocycles. The smallest absolute Gasteiger partial charge is 0.353 e. The number of pyridine rings is 1. The van der Waals surface area contributed by atoms with E-state index in [-0.39, 0.29) is 28.8 Å². The third-order valence-electron chi connectivity index (χ3n) is 5.25. The maximum absolute atomic E-state index is 11.9. The van der Waals surface area contributed by atoms with Crippen LogP contribution < -0.4 is 20.3 Å². The van der Waals surface area contributed by atoms with Gasteiger partial charge in [-0.25, -0.2) is 28.5 Å². The van der Waals surface area contributed by atoms with Crippen molar-refractivity contribution in [3.63, 3.8) is 0 Å². The van der Waals surface area contributed by atoms with E-state index in [4.69, 9.17) is 5.14 Å². The number of benzene rings is 1. The molecule has 3 aromatic rings. The highest BCUT2D eigenvalue weighted by Crippen LogP contribution is 2.33. The highest BCUT2D eigenvalue weighted by molar-refractivity contribution is 7.89. The van der Waals surface area contributed by atoms with E-state index < -0.39 is 14.9 Å². The number of nitrogens with one attached hydrogen (secondary N) is 1. The molecule has 1 fully saturated rings. The van der Waals surface area contributed by atoms with Crippen LogP contribution >= 0.6 is 0 Å². The summed E-state index contributed by atoms with van der Waals surface area (Å²) in [5.41, 5.74) is 0.505. The van der Waals surface area contributed by atoms with Crippen LogP contribution in [0.15, 0.2) is 59.9 Å². The molecule has 33 heavy (non-hydrogen) atoms. The highest BCUT2D eigenvalue weighted by Gasteiger charge is 2.29. The molecule has 1 saturated heterocycles. The first-order valence-electron chi connectivity index (χ1n) is 10.1. The number of hydrogen-bond donors (Lipinski definition) is 2. The maximum atomic E-state index is 11.9. The lowest BCUT2D eigenvalue weighted by atomic mass is 10.2. The Morgan fingerprint density at radius 1 is 1.00 bits per heavy atom. The molecule has 3 heterocycles. The summed E-state index contributed by atoms with van der Waals surface area (Å²) in [5.74, 6) is 1.21. The number of anilines is 3. The average Bonchev–Trinajstić information content (AvgIpc) is 2.83. The van der Waals surface area contributed by atoms with E-state index in [1.165, 1.54) is 18.5 Å². The molecule has 0 saturated carbocycles. The van der Waals surface area contributed by atoms with Crippen LogP contribution in [0, 0.1) is 10.1 Å². The van der Waals surface area contributed by atoms with Crippen molar-refractivity contribution in [3.8, 4) is 0 Å². The fraction of sp³-hybridized carbons (Fsp3) is 0.250. The second kappa shape index (κ2) is 9.34. The Bertz CT molecular complexity index is 1230. The van der Waals surface area contributed by atoms with Gasteiger partial charge in [-0.1, -0.05) is 18.2 Å². The van der Waals surface area contributed by atoms with E-state index in [0.717, 1.165) is 5.82 Å². The van der Waals surface area contributed by atoms with Crippen LogP contribution in [0.1, 0.15) is 5.56 Å². The van der Waals surface area contributed by atoms with Gasteiger partial charge in [0.15, 0.2) is 0 Å². The van der Waals surface area contributed by atoms with E-state index >= 15 is 0 Å². The summed E-state index contributed by atoms with van der Waals surface area (Å²) in [5, 5.41) is 20.0. The Morgan fingerprint density at radius 2 is 1.70 bits per heavy atom. The van der Waals surface area contributed by atoms with Crippen molar-refractivity contribution in [2.45, 2.75) is 11.4 Å². The predicted octanol–water partition coefficient (Wildman–Crippen LogP) is 1.37. The van der Waals surface area contributed by atoms with Gasteiger partial charge in [0.2, 0.25) is 21.7 Å². The molecule has 3 N–H and O–H groups in total. The molecule has 1 aliphatic rings. The van der Waals surface area contributed by atoms with Gasteiger partial charge in [-0.3, -0.25) is 10.1 Å². The molecule has 12 nitrogen and oxygen atoms in total. The third-order valence-corrected chi connectivity index (χ3v) is 6.18. The second-order valence-electron chi connectivity index (χ2n) is 7.36. The monoisotopic (exact) mass is 470 g/mol. The number of primary sulfonamides is 1. The number of hydrogen-bond acceptors (Lipinski definition) is 10. The van der Waals surface area contributed by atoms with Crippen LogP contribution in [0.4, 0.5) is 23.1 Å². The van der Waals surface area contributed by atoms with Crippen molar-refractivity contribution >= 4 is 33.2 Å². The summed E-state index contributed by atoms with van der Waals surface area (Å²) in [6, 6.07) is 11.6. The molecule has 0 unspecified atom stereocenters. The first-order chi connectivity index (χ1) is 15.8. The van der Waals surface area contributed by atoms with Crippen LogP contribution in [0.25, 0.3) is 0 Å². The van der Waals surface area contributed by atoms with Crippen molar-refractivity contribution in [2.75, 3.05) is 41.3 Å². The summed E-state index contributed by atoms with van der Waals surface area (Å²) < 4.78 is 22.8. The fourth-order valence-electron chi connectivity index (χ4n) is 3.57. The van der Waals surface area contributed by atoms with Crippen LogP contribution in [0.2, 0.25) is 0 Å². The highest BCUT2D eigenvalue weighted by atomic mass is 32.2. The number of aromatic nitrogens is 3. The summed E-state index contributed by atoms with van der Waals surface area (Å²) >= 11 is 0. The lowest BCUT2D eigenvalue weighted by molar-refractivity contribution is -0.383. The first-order valence-corrected chi connectivity index (χ1v) is 11.6. The number of piperazine rings is 1. The Labute approximate surface area is 190 Å². The van der Waals surface area contributed by atoms with Crippen molar-refractivity contribution in [1.82, 2.24) is 15.0 Å². The first kappa shape index (κ1) is 22.4. The largest absolute Gasteiger partial charge is 0.360 e.